The first-order valence-electron chi connectivity index (χ1n) is 10.0. The van der Waals surface area contributed by atoms with Crippen molar-refractivity contribution in [1.29, 1.82) is 0 Å². The van der Waals surface area contributed by atoms with Gasteiger partial charge < -0.3 is 14.5 Å². The second-order valence-electron chi connectivity index (χ2n) is 7.61. The first-order chi connectivity index (χ1) is 13.2. The second kappa shape index (κ2) is 8.67. The molecule has 0 spiro atoms. The van der Waals surface area contributed by atoms with E-state index in [4.69, 9.17) is 4.74 Å². The van der Waals surface area contributed by atoms with Crippen LogP contribution in [0.5, 0.6) is 0 Å². The Balaban J connectivity index is 1.30. The number of hydrogen-bond acceptors (Lipinski definition) is 6. The Hall–Kier alpha value is -1.51. The van der Waals surface area contributed by atoms with E-state index in [0.717, 1.165) is 36.5 Å². The molecule has 148 valence electrons. The third-order valence-corrected chi connectivity index (χ3v) is 6.74. The van der Waals surface area contributed by atoms with Gasteiger partial charge >= 0.3 is 0 Å². The molecule has 0 aromatic carbocycles. The molecular weight excluding hydrogens is 364 g/mol. The first kappa shape index (κ1) is 18.8. The van der Waals surface area contributed by atoms with Crippen molar-refractivity contribution in [3.63, 3.8) is 0 Å². The smallest absolute Gasteiger partial charge is 0.265 e. The van der Waals surface area contributed by atoms with E-state index in [2.05, 4.69) is 9.88 Å². The standard InChI is InChI=1S/C19H28N4O3S/c24-16(13-21-9-11-26-12-10-21)22-5-7-23(8-6-22)19(25)18-17(20-14-27-18)15-3-1-2-4-15/h14-15H,1-13H2. The van der Waals surface area contributed by atoms with Gasteiger partial charge in [0.1, 0.15) is 4.88 Å². The maximum atomic E-state index is 13.0. The number of ether oxygens (including phenoxy) is 1. The maximum absolute atomic E-state index is 13.0. The molecule has 3 fully saturated rings. The summed E-state index contributed by atoms with van der Waals surface area (Å²) >= 11 is 1.47. The summed E-state index contributed by atoms with van der Waals surface area (Å²) < 4.78 is 5.33. The number of morpholine rings is 1. The van der Waals surface area contributed by atoms with Crippen LogP contribution in [0.4, 0.5) is 0 Å². The summed E-state index contributed by atoms with van der Waals surface area (Å²) in [5.41, 5.74) is 2.82. The van der Waals surface area contributed by atoms with Crippen LogP contribution < -0.4 is 0 Å². The summed E-state index contributed by atoms with van der Waals surface area (Å²) in [5, 5.41) is 0. The van der Waals surface area contributed by atoms with Gasteiger partial charge in [-0.2, -0.15) is 0 Å². The second-order valence-corrected chi connectivity index (χ2v) is 8.46. The SMILES string of the molecule is O=C(CN1CCOCC1)N1CCN(C(=O)c2scnc2C2CCCC2)CC1. The summed E-state index contributed by atoms with van der Waals surface area (Å²) in [6.45, 7) is 5.95. The molecule has 0 unspecified atom stereocenters. The van der Waals surface area contributed by atoms with E-state index in [-0.39, 0.29) is 11.8 Å². The van der Waals surface area contributed by atoms with E-state index in [1.165, 1.54) is 24.2 Å². The molecule has 2 saturated heterocycles. The van der Waals surface area contributed by atoms with Crippen LogP contribution in [0, 0.1) is 0 Å². The van der Waals surface area contributed by atoms with Crippen molar-refractivity contribution in [2.75, 3.05) is 59.0 Å². The Kier molecular flexibility index (Phi) is 6.04. The molecule has 4 rings (SSSR count). The molecule has 7 nitrogen and oxygen atoms in total. The number of thiazole rings is 1. The van der Waals surface area contributed by atoms with Crippen LogP contribution in [0.2, 0.25) is 0 Å². The topological polar surface area (TPSA) is 66.0 Å². The molecule has 8 heteroatoms. The third kappa shape index (κ3) is 4.33. The summed E-state index contributed by atoms with van der Waals surface area (Å²) in [5.74, 6) is 0.708. The van der Waals surface area contributed by atoms with Gasteiger partial charge in [-0.05, 0) is 12.8 Å². The van der Waals surface area contributed by atoms with E-state index in [1.807, 2.05) is 15.3 Å². The highest BCUT2D eigenvalue weighted by Gasteiger charge is 2.30. The van der Waals surface area contributed by atoms with Crippen molar-refractivity contribution < 1.29 is 14.3 Å². The monoisotopic (exact) mass is 392 g/mol. The van der Waals surface area contributed by atoms with Gasteiger partial charge in [-0.25, -0.2) is 4.98 Å². The van der Waals surface area contributed by atoms with Crippen LogP contribution in [0.3, 0.4) is 0 Å². The summed E-state index contributed by atoms with van der Waals surface area (Å²) in [7, 11) is 0. The number of nitrogens with zero attached hydrogens (tertiary/aromatic N) is 4. The lowest BCUT2D eigenvalue weighted by Crippen LogP contribution is -2.53. The fourth-order valence-corrected chi connectivity index (χ4v) is 5.10. The highest BCUT2D eigenvalue weighted by Crippen LogP contribution is 2.36. The number of rotatable bonds is 4. The molecule has 3 heterocycles. The molecule has 0 atom stereocenters. The Morgan fingerprint density at radius 1 is 1.04 bits per heavy atom. The first-order valence-corrected chi connectivity index (χ1v) is 10.9. The van der Waals surface area contributed by atoms with Crippen LogP contribution >= 0.6 is 11.3 Å². The van der Waals surface area contributed by atoms with Crippen molar-refractivity contribution >= 4 is 23.2 Å². The van der Waals surface area contributed by atoms with Crippen molar-refractivity contribution in [2.24, 2.45) is 0 Å². The zero-order valence-corrected chi connectivity index (χ0v) is 16.6. The van der Waals surface area contributed by atoms with Gasteiger partial charge in [-0.15, -0.1) is 11.3 Å². The van der Waals surface area contributed by atoms with Gasteiger partial charge in [-0.1, -0.05) is 12.8 Å². The third-order valence-electron chi connectivity index (χ3n) is 5.91. The fourth-order valence-electron chi connectivity index (χ4n) is 4.26. The predicted molar refractivity (Wildman–Crippen MR) is 103 cm³/mol. The van der Waals surface area contributed by atoms with Crippen LogP contribution in [-0.2, 0) is 9.53 Å². The lowest BCUT2D eigenvalue weighted by Gasteiger charge is -2.36. The number of aromatic nitrogens is 1. The molecule has 2 amide bonds. The van der Waals surface area contributed by atoms with Gasteiger partial charge in [0.2, 0.25) is 5.91 Å². The number of carbonyl (C=O) groups excluding carboxylic acids is 2. The van der Waals surface area contributed by atoms with E-state index >= 15 is 0 Å². The van der Waals surface area contributed by atoms with E-state index in [0.29, 0.717) is 51.9 Å². The van der Waals surface area contributed by atoms with Crippen molar-refractivity contribution in [3.05, 3.63) is 16.1 Å². The van der Waals surface area contributed by atoms with Gasteiger partial charge in [0.15, 0.2) is 0 Å². The molecule has 1 aliphatic carbocycles. The molecule has 1 saturated carbocycles. The number of amides is 2. The lowest BCUT2D eigenvalue weighted by atomic mass is 10.0. The van der Waals surface area contributed by atoms with Gasteiger partial charge in [0.05, 0.1) is 31.0 Å². The van der Waals surface area contributed by atoms with Crippen LogP contribution in [0.25, 0.3) is 0 Å². The zero-order chi connectivity index (χ0) is 18.6. The number of piperazine rings is 1. The van der Waals surface area contributed by atoms with E-state index < -0.39 is 0 Å². The molecule has 0 radical (unpaired) electrons. The van der Waals surface area contributed by atoms with Crippen LogP contribution in [-0.4, -0.2) is 90.5 Å². The average molecular weight is 393 g/mol. The van der Waals surface area contributed by atoms with Crippen molar-refractivity contribution in [2.45, 2.75) is 31.6 Å². The normalized spacial score (nSPS) is 22.4. The average Bonchev–Trinajstić information content (AvgIpc) is 3.40. The van der Waals surface area contributed by atoms with Crippen LogP contribution in [0.1, 0.15) is 47.0 Å². The number of hydrogen-bond donors (Lipinski definition) is 0. The molecule has 27 heavy (non-hydrogen) atoms. The quantitative estimate of drug-likeness (QED) is 0.775. The van der Waals surface area contributed by atoms with Gasteiger partial charge in [0.25, 0.3) is 5.91 Å². The Labute approximate surface area is 164 Å². The minimum absolute atomic E-state index is 0.0969. The summed E-state index contributed by atoms with van der Waals surface area (Å²) in [6.07, 6.45) is 4.77. The molecule has 1 aromatic rings. The van der Waals surface area contributed by atoms with Crippen molar-refractivity contribution in [3.8, 4) is 0 Å². The summed E-state index contributed by atoms with van der Waals surface area (Å²) in [4.78, 5) is 36.8. The lowest BCUT2D eigenvalue weighted by molar-refractivity contribution is -0.134. The van der Waals surface area contributed by atoms with E-state index in [9.17, 15) is 9.59 Å². The Bertz CT molecular complexity index is 660. The molecule has 0 N–H and O–H groups in total. The van der Waals surface area contributed by atoms with Gasteiger partial charge in [-0.3, -0.25) is 14.5 Å². The Morgan fingerprint density at radius 3 is 2.41 bits per heavy atom. The van der Waals surface area contributed by atoms with Gasteiger partial charge in [0, 0.05) is 45.2 Å². The minimum Gasteiger partial charge on any atom is -0.379 e. The maximum Gasteiger partial charge on any atom is 0.265 e. The highest BCUT2D eigenvalue weighted by atomic mass is 32.1. The zero-order valence-electron chi connectivity index (χ0n) is 15.8. The molecular formula is C19H28N4O3S. The largest absolute Gasteiger partial charge is 0.379 e. The molecule has 3 aliphatic rings. The number of carbonyl (C=O) groups is 2. The van der Waals surface area contributed by atoms with Crippen LogP contribution in [0.15, 0.2) is 5.51 Å². The van der Waals surface area contributed by atoms with Crippen molar-refractivity contribution in [1.82, 2.24) is 19.7 Å². The van der Waals surface area contributed by atoms with E-state index in [1.54, 1.807) is 0 Å². The molecule has 1 aromatic heterocycles. The fraction of sp³-hybridized carbons (Fsp3) is 0.737. The molecule has 0 bridgehead atoms. The predicted octanol–water partition coefficient (Wildman–Crippen LogP) is 1.42. The minimum atomic E-state index is 0.0969. The highest BCUT2D eigenvalue weighted by molar-refractivity contribution is 7.11. The summed E-state index contributed by atoms with van der Waals surface area (Å²) in [6, 6.07) is 0. The Morgan fingerprint density at radius 2 is 1.70 bits per heavy atom. The molecule has 2 aliphatic heterocycles.